The van der Waals surface area contributed by atoms with E-state index in [1.54, 1.807) is 0 Å². The molecule has 0 aromatic heterocycles. The molecule has 0 aliphatic carbocycles. The van der Waals surface area contributed by atoms with Crippen LogP contribution in [-0.4, -0.2) is 24.9 Å². The van der Waals surface area contributed by atoms with Crippen LogP contribution in [0.1, 0.15) is 25.7 Å². The second-order valence-electron chi connectivity index (χ2n) is 2.91. The summed E-state index contributed by atoms with van der Waals surface area (Å²) in [6.45, 7) is 1.78. The third-order valence-electron chi connectivity index (χ3n) is 1.81. The second-order valence-corrected chi connectivity index (χ2v) is 2.91. The molecule has 4 nitrogen and oxygen atoms in total. The summed E-state index contributed by atoms with van der Waals surface area (Å²) in [6, 6.07) is 0. The molecule has 2 N–H and O–H groups in total. The molecule has 2 heterocycles. The zero-order valence-corrected chi connectivity index (χ0v) is 13.3. The van der Waals surface area contributed by atoms with Gasteiger partial charge < -0.3 is 10.6 Å². The molecule has 0 saturated carbocycles. The van der Waals surface area contributed by atoms with Crippen LogP contribution in [0, 0.1) is 0 Å². The maximum Gasteiger partial charge on any atom is 0.220 e. The van der Waals surface area contributed by atoms with Gasteiger partial charge in [0.25, 0.3) is 0 Å². The van der Waals surface area contributed by atoms with E-state index in [0.29, 0.717) is 0 Å². The van der Waals surface area contributed by atoms with Gasteiger partial charge in [0.2, 0.25) is 11.8 Å². The normalized spacial score (nSPS) is 19.4. The van der Waals surface area contributed by atoms with Gasteiger partial charge in [-0.05, 0) is 12.8 Å². The van der Waals surface area contributed by atoms with E-state index in [1.165, 1.54) is 0 Å². The average molecular weight is 371 g/mol. The van der Waals surface area contributed by atoms with Crippen LogP contribution < -0.4 is 10.6 Å². The smallest absolute Gasteiger partial charge is 0.220 e. The van der Waals surface area contributed by atoms with Crippen LogP contribution in [0.4, 0.5) is 0 Å². The van der Waals surface area contributed by atoms with Crippen LogP contribution in [0.25, 0.3) is 0 Å². The third-order valence-corrected chi connectivity index (χ3v) is 1.81. The number of amides is 2. The molecule has 0 aromatic rings. The summed E-state index contributed by atoms with van der Waals surface area (Å²) >= 11 is 0. The molecule has 0 radical (unpaired) electrons. The molecule has 0 unspecified atom stereocenters. The van der Waals surface area contributed by atoms with Crippen molar-refractivity contribution in [1.82, 2.24) is 10.6 Å². The van der Waals surface area contributed by atoms with Crippen molar-refractivity contribution in [2.75, 3.05) is 13.1 Å². The molecule has 5 heteroatoms. The molecule has 2 fully saturated rings. The zero-order chi connectivity index (χ0) is 8.81. The van der Waals surface area contributed by atoms with Crippen molar-refractivity contribution in [3.8, 4) is 0 Å². The summed E-state index contributed by atoms with van der Waals surface area (Å²) in [7, 11) is 0. The van der Waals surface area contributed by atoms with Crippen LogP contribution in [0.2, 0.25) is 0 Å². The summed E-state index contributed by atoms with van der Waals surface area (Å²) in [6.07, 6.45) is 3.53. The fourth-order valence-corrected chi connectivity index (χ4v) is 1.13. The topological polar surface area (TPSA) is 58.2 Å². The van der Waals surface area contributed by atoms with Gasteiger partial charge in [-0.15, -0.1) is 0 Å². The van der Waals surface area contributed by atoms with Crippen molar-refractivity contribution >= 4 is 11.8 Å². The van der Waals surface area contributed by atoms with Gasteiger partial charge in [-0.1, -0.05) is 0 Å². The molecule has 2 aliphatic rings. The van der Waals surface area contributed by atoms with E-state index in [9.17, 15) is 9.59 Å². The molecule has 2 saturated heterocycles. The Morgan fingerprint density at radius 3 is 1.31 bits per heavy atom. The van der Waals surface area contributed by atoms with Crippen molar-refractivity contribution in [2.45, 2.75) is 25.7 Å². The van der Waals surface area contributed by atoms with Crippen molar-refractivity contribution in [3.05, 3.63) is 0 Å². The standard InChI is InChI=1S/2C4H7NO.Hg/c2*6-4-2-1-3-5-4;/h2*1-3H2,(H,5,6);. The van der Waals surface area contributed by atoms with Gasteiger partial charge >= 0.3 is 0 Å². The maximum atomic E-state index is 10.1. The van der Waals surface area contributed by atoms with Crippen LogP contribution >= 0.6 is 0 Å². The molecular formula is C8H14HgN2O2. The number of carbonyl (C=O) groups is 2. The molecule has 0 spiro atoms. The van der Waals surface area contributed by atoms with Crippen LogP contribution in [-0.2, 0) is 37.3 Å². The largest absolute Gasteiger partial charge is 0.356 e. The van der Waals surface area contributed by atoms with Crippen LogP contribution in [0.3, 0.4) is 0 Å². The van der Waals surface area contributed by atoms with Gasteiger partial charge in [-0.2, -0.15) is 0 Å². The molecular weight excluding hydrogens is 357 g/mol. The Labute approximate surface area is 98.3 Å². The van der Waals surface area contributed by atoms with Crippen molar-refractivity contribution in [1.29, 1.82) is 0 Å². The second kappa shape index (κ2) is 7.30. The predicted octanol–water partition coefficient (Wildman–Crippen LogP) is -0.210. The monoisotopic (exact) mass is 372 g/mol. The Hall–Kier alpha value is -0.125. The first kappa shape index (κ1) is 12.9. The Balaban J connectivity index is 0.000000206. The summed E-state index contributed by atoms with van der Waals surface area (Å²) in [5.74, 6) is 0.407. The van der Waals surface area contributed by atoms with Gasteiger partial charge in [-0.25, -0.2) is 0 Å². The van der Waals surface area contributed by atoms with Crippen LogP contribution in [0.15, 0.2) is 0 Å². The van der Waals surface area contributed by atoms with E-state index in [-0.39, 0.29) is 39.5 Å². The first-order chi connectivity index (χ1) is 5.79. The molecule has 0 bridgehead atoms. The van der Waals surface area contributed by atoms with Gasteiger partial charge in [-0.3, -0.25) is 9.59 Å². The first-order valence-electron chi connectivity index (χ1n) is 4.32. The summed E-state index contributed by atoms with van der Waals surface area (Å²) in [5.41, 5.74) is 0. The van der Waals surface area contributed by atoms with Gasteiger partial charge in [0.05, 0.1) is 0 Å². The minimum atomic E-state index is 0. The summed E-state index contributed by atoms with van der Waals surface area (Å²) in [4.78, 5) is 20.3. The number of nitrogens with one attached hydrogen (secondary N) is 2. The Kier molecular flexibility index (Phi) is 7.22. The molecule has 2 rings (SSSR count). The fourth-order valence-electron chi connectivity index (χ4n) is 1.13. The molecule has 70 valence electrons. The first-order valence-corrected chi connectivity index (χ1v) is 4.32. The zero-order valence-electron chi connectivity index (χ0n) is 7.77. The minimum absolute atomic E-state index is 0. The number of carbonyl (C=O) groups excluding carboxylic acids is 2. The van der Waals surface area contributed by atoms with E-state index in [4.69, 9.17) is 0 Å². The molecule has 0 atom stereocenters. The van der Waals surface area contributed by atoms with E-state index >= 15 is 0 Å². The van der Waals surface area contributed by atoms with Crippen molar-refractivity contribution in [3.63, 3.8) is 0 Å². The Morgan fingerprint density at radius 1 is 0.846 bits per heavy atom. The predicted molar refractivity (Wildman–Crippen MR) is 44.5 cm³/mol. The quantitative estimate of drug-likeness (QED) is 0.580. The van der Waals surface area contributed by atoms with E-state index < -0.39 is 0 Å². The van der Waals surface area contributed by atoms with Gasteiger partial charge in [0, 0.05) is 53.6 Å². The van der Waals surface area contributed by atoms with Crippen molar-refractivity contribution < 1.29 is 37.3 Å². The summed E-state index contributed by atoms with van der Waals surface area (Å²) < 4.78 is 0. The molecule has 2 amide bonds. The van der Waals surface area contributed by atoms with Crippen LogP contribution in [0.5, 0.6) is 0 Å². The molecule has 0 aromatic carbocycles. The third kappa shape index (κ3) is 6.02. The van der Waals surface area contributed by atoms with E-state index in [0.717, 1.165) is 38.8 Å². The van der Waals surface area contributed by atoms with Crippen molar-refractivity contribution in [2.24, 2.45) is 0 Å². The number of hydrogen-bond acceptors (Lipinski definition) is 2. The molecule has 13 heavy (non-hydrogen) atoms. The maximum absolute atomic E-state index is 10.1. The number of rotatable bonds is 0. The van der Waals surface area contributed by atoms with E-state index in [2.05, 4.69) is 10.6 Å². The van der Waals surface area contributed by atoms with E-state index in [1.807, 2.05) is 0 Å². The molecule has 2 aliphatic heterocycles. The Morgan fingerprint density at radius 2 is 1.23 bits per heavy atom. The van der Waals surface area contributed by atoms with Gasteiger partial charge in [0.1, 0.15) is 0 Å². The average Bonchev–Trinajstić information content (AvgIpc) is 2.63. The minimum Gasteiger partial charge on any atom is -0.356 e. The fraction of sp³-hybridized carbons (Fsp3) is 0.750. The summed E-state index contributed by atoms with van der Waals surface area (Å²) in [5, 5.41) is 5.36. The Bertz CT molecular complexity index is 149. The van der Waals surface area contributed by atoms with Gasteiger partial charge in [0.15, 0.2) is 0 Å². The SMILES string of the molecule is O=C1CCCN1.O=C1CCCN1.[Hg]. The number of hydrogen-bond donors (Lipinski definition) is 2.